The molecule has 0 radical (unpaired) electrons. The highest BCUT2D eigenvalue weighted by Gasteiger charge is 2.19. The second kappa shape index (κ2) is 4.10. The molecule has 1 aromatic heterocycles. The van der Waals surface area contributed by atoms with Crippen molar-refractivity contribution in [1.82, 2.24) is 15.3 Å². The van der Waals surface area contributed by atoms with Crippen LogP contribution in [0.5, 0.6) is 0 Å². The van der Waals surface area contributed by atoms with Crippen LogP contribution in [0.25, 0.3) is 0 Å². The lowest BCUT2D eigenvalue weighted by molar-refractivity contribution is 0.495. The van der Waals surface area contributed by atoms with Crippen molar-refractivity contribution in [2.75, 3.05) is 6.54 Å². The molecule has 1 aromatic carbocycles. The summed E-state index contributed by atoms with van der Waals surface area (Å²) < 4.78 is 0. The Balaban J connectivity index is 1.87. The van der Waals surface area contributed by atoms with Gasteiger partial charge in [0.1, 0.15) is 5.82 Å². The van der Waals surface area contributed by atoms with Gasteiger partial charge in [0.25, 0.3) is 0 Å². The van der Waals surface area contributed by atoms with E-state index >= 15 is 0 Å². The fourth-order valence-electron chi connectivity index (χ4n) is 2.38. The Labute approximate surface area is 94.9 Å². The normalized spacial score (nSPS) is 19.4. The van der Waals surface area contributed by atoms with E-state index in [9.17, 15) is 0 Å². The van der Waals surface area contributed by atoms with E-state index in [0.717, 1.165) is 25.2 Å². The van der Waals surface area contributed by atoms with Gasteiger partial charge in [-0.1, -0.05) is 24.3 Å². The molecule has 3 heteroatoms. The van der Waals surface area contributed by atoms with E-state index in [-0.39, 0.29) is 0 Å². The van der Waals surface area contributed by atoms with Gasteiger partial charge in [0.05, 0.1) is 0 Å². The molecule has 2 aromatic rings. The molecule has 1 atom stereocenters. The quantitative estimate of drug-likeness (QED) is 0.799. The van der Waals surface area contributed by atoms with Crippen LogP contribution in [0.1, 0.15) is 23.0 Å². The highest BCUT2D eigenvalue weighted by Crippen LogP contribution is 2.24. The van der Waals surface area contributed by atoms with Gasteiger partial charge in [-0.25, -0.2) is 4.98 Å². The molecule has 2 heterocycles. The summed E-state index contributed by atoms with van der Waals surface area (Å²) in [6.45, 7) is 1.06. The van der Waals surface area contributed by atoms with Gasteiger partial charge in [0.2, 0.25) is 0 Å². The van der Waals surface area contributed by atoms with Crippen molar-refractivity contribution in [2.45, 2.75) is 18.9 Å². The van der Waals surface area contributed by atoms with E-state index in [1.54, 1.807) is 0 Å². The molecule has 0 saturated carbocycles. The summed E-state index contributed by atoms with van der Waals surface area (Å²) in [5, 5.41) is 3.55. The summed E-state index contributed by atoms with van der Waals surface area (Å²) in [4.78, 5) is 7.45. The molecule has 1 aliphatic heterocycles. The van der Waals surface area contributed by atoms with Crippen molar-refractivity contribution < 1.29 is 0 Å². The molecule has 1 aliphatic rings. The molecule has 82 valence electrons. The SMILES string of the molecule is c1ccc2c(c1)CCNC2Cc1ncc[nH]1. The van der Waals surface area contributed by atoms with Crippen LogP contribution in [-0.2, 0) is 12.8 Å². The number of aromatic amines is 1. The molecule has 1 unspecified atom stereocenters. The molecule has 3 rings (SSSR count). The Hall–Kier alpha value is -1.61. The van der Waals surface area contributed by atoms with Crippen LogP contribution in [0.2, 0.25) is 0 Å². The first-order valence-corrected chi connectivity index (χ1v) is 5.73. The highest BCUT2D eigenvalue weighted by atomic mass is 15.0. The van der Waals surface area contributed by atoms with Gasteiger partial charge in [-0.15, -0.1) is 0 Å². The Kier molecular flexibility index (Phi) is 2.46. The third-order valence-corrected chi connectivity index (χ3v) is 3.17. The van der Waals surface area contributed by atoms with Gasteiger partial charge in [0, 0.05) is 24.9 Å². The van der Waals surface area contributed by atoms with Crippen molar-refractivity contribution in [3.05, 3.63) is 53.6 Å². The zero-order valence-electron chi connectivity index (χ0n) is 9.11. The number of benzene rings is 1. The maximum Gasteiger partial charge on any atom is 0.107 e. The van der Waals surface area contributed by atoms with Crippen LogP contribution in [0, 0.1) is 0 Å². The second-order valence-corrected chi connectivity index (χ2v) is 4.20. The van der Waals surface area contributed by atoms with E-state index in [2.05, 4.69) is 39.6 Å². The Morgan fingerprint density at radius 3 is 3.12 bits per heavy atom. The molecule has 3 nitrogen and oxygen atoms in total. The van der Waals surface area contributed by atoms with Crippen LogP contribution in [0.3, 0.4) is 0 Å². The van der Waals surface area contributed by atoms with Gasteiger partial charge < -0.3 is 10.3 Å². The molecule has 16 heavy (non-hydrogen) atoms. The van der Waals surface area contributed by atoms with Crippen LogP contribution in [-0.4, -0.2) is 16.5 Å². The lowest BCUT2D eigenvalue weighted by Crippen LogP contribution is -2.31. The molecule has 0 spiro atoms. The number of fused-ring (bicyclic) bond motifs is 1. The maximum absolute atomic E-state index is 4.29. The first kappa shape index (κ1) is 9.60. The second-order valence-electron chi connectivity index (χ2n) is 4.20. The minimum absolute atomic E-state index is 0.399. The average molecular weight is 213 g/mol. The molecule has 2 N–H and O–H groups in total. The van der Waals surface area contributed by atoms with Gasteiger partial charge in [-0.2, -0.15) is 0 Å². The summed E-state index contributed by atoms with van der Waals surface area (Å²) in [5.41, 5.74) is 2.89. The van der Waals surface area contributed by atoms with Crippen LogP contribution >= 0.6 is 0 Å². The largest absolute Gasteiger partial charge is 0.349 e. The molecular formula is C13H15N3. The topological polar surface area (TPSA) is 40.7 Å². The number of aromatic nitrogens is 2. The summed E-state index contributed by atoms with van der Waals surface area (Å²) in [6.07, 6.45) is 5.75. The van der Waals surface area contributed by atoms with Crippen LogP contribution in [0.4, 0.5) is 0 Å². The van der Waals surface area contributed by atoms with Crippen LogP contribution < -0.4 is 5.32 Å². The van der Waals surface area contributed by atoms with Crippen molar-refractivity contribution in [2.24, 2.45) is 0 Å². The van der Waals surface area contributed by atoms with Crippen LogP contribution in [0.15, 0.2) is 36.7 Å². The Morgan fingerprint density at radius 1 is 1.31 bits per heavy atom. The fraction of sp³-hybridized carbons (Fsp3) is 0.308. The fourth-order valence-corrected chi connectivity index (χ4v) is 2.38. The van der Waals surface area contributed by atoms with Crippen molar-refractivity contribution in [3.63, 3.8) is 0 Å². The number of imidazole rings is 1. The number of hydrogen-bond acceptors (Lipinski definition) is 2. The predicted octanol–water partition coefficient (Wildman–Crippen LogP) is 1.84. The van der Waals surface area contributed by atoms with Gasteiger partial charge in [-0.3, -0.25) is 0 Å². The smallest absolute Gasteiger partial charge is 0.107 e. The zero-order valence-corrected chi connectivity index (χ0v) is 9.11. The minimum Gasteiger partial charge on any atom is -0.349 e. The zero-order chi connectivity index (χ0) is 10.8. The van der Waals surface area contributed by atoms with E-state index < -0.39 is 0 Å². The first-order valence-electron chi connectivity index (χ1n) is 5.73. The number of H-pyrrole nitrogens is 1. The number of nitrogens with zero attached hydrogens (tertiary/aromatic N) is 1. The summed E-state index contributed by atoms with van der Waals surface area (Å²) in [6, 6.07) is 9.08. The van der Waals surface area contributed by atoms with Gasteiger partial charge >= 0.3 is 0 Å². The summed E-state index contributed by atoms with van der Waals surface area (Å²) >= 11 is 0. The molecule has 0 amide bonds. The Morgan fingerprint density at radius 2 is 2.25 bits per heavy atom. The van der Waals surface area contributed by atoms with Crippen molar-refractivity contribution in [3.8, 4) is 0 Å². The van der Waals surface area contributed by atoms with Crippen molar-refractivity contribution >= 4 is 0 Å². The lowest BCUT2D eigenvalue weighted by atomic mass is 9.92. The Bertz CT molecular complexity index is 462. The van der Waals surface area contributed by atoms with E-state index in [0.29, 0.717) is 6.04 Å². The molecule has 0 aliphatic carbocycles. The summed E-state index contributed by atoms with van der Waals surface area (Å²) in [7, 11) is 0. The van der Waals surface area contributed by atoms with E-state index in [1.807, 2.05) is 12.4 Å². The van der Waals surface area contributed by atoms with Crippen molar-refractivity contribution in [1.29, 1.82) is 0 Å². The number of hydrogen-bond donors (Lipinski definition) is 2. The standard InChI is InChI=1S/C13H15N3/c1-2-4-11-10(3-1)5-6-14-12(11)9-13-15-7-8-16-13/h1-4,7-8,12,14H,5-6,9H2,(H,15,16). The third kappa shape index (κ3) is 1.74. The molecule has 0 fully saturated rings. The lowest BCUT2D eigenvalue weighted by Gasteiger charge is -2.26. The number of nitrogens with one attached hydrogen (secondary N) is 2. The first-order chi connectivity index (χ1) is 7.93. The minimum atomic E-state index is 0.399. The van der Waals surface area contributed by atoms with Gasteiger partial charge in [-0.05, 0) is 24.1 Å². The molecular weight excluding hydrogens is 198 g/mol. The molecule has 0 bridgehead atoms. The van der Waals surface area contributed by atoms with E-state index in [4.69, 9.17) is 0 Å². The summed E-state index contributed by atoms with van der Waals surface area (Å²) in [5.74, 6) is 1.05. The molecule has 0 saturated heterocycles. The monoisotopic (exact) mass is 213 g/mol. The maximum atomic E-state index is 4.29. The predicted molar refractivity (Wildman–Crippen MR) is 63.2 cm³/mol. The third-order valence-electron chi connectivity index (χ3n) is 3.17. The van der Waals surface area contributed by atoms with Gasteiger partial charge in [0.15, 0.2) is 0 Å². The highest BCUT2D eigenvalue weighted by molar-refractivity contribution is 5.32. The number of rotatable bonds is 2. The average Bonchev–Trinajstić information content (AvgIpc) is 2.82. The van der Waals surface area contributed by atoms with E-state index in [1.165, 1.54) is 11.1 Å².